The molecule has 21 heteroatoms. The van der Waals surface area contributed by atoms with Gasteiger partial charge in [0.1, 0.15) is 11.9 Å². The van der Waals surface area contributed by atoms with Gasteiger partial charge in [-0.1, -0.05) is 48.5 Å². The second-order valence-electron chi connectivity index (χ2n) is 13.0. The van der Waals surface area contributed by atoms with Crippen LogP contribution in [0.5, 0.6) is 0 Å². The van der Waals surface area contributed by atoms with Crippen molar-refractivity contribution >= 4 is 59.6 Å². The van der Waals surface area contributed by atoms with Crippen molar-refractivity contribution in [3.63, 3.8) is 0 Å². The number of piperazine rings is 1. The molecule has 0 radical (unpaired) electrons. The molecule has 2 heterocycles. The van der Waals surface area contributed by atoms with E-state index < -0.39 is 48.2 Å². The van der Waals surface area contributed by atoms with Crippen molar-refractivity contribution < 1.29 is 53.8 Å². The van der Waals surface area contributed by atoms with Crippen molar-refractivity contribution in [2.24, 2.45) is 5.73 Å². The molecule has 7 N–H and O–H groups in total. The summed E-state index contributed by atoms with van der Waals surface area (Å²) in [6, 6.07) is 25.9. The molecule has 0 aliphatic carbocycles. The van der Waals surface area contributed by atoms with Crippen LogP contribution in [0.1, 0.15) is 32.7 Å². The highest BCUT2D eigenvalue weighted by Crippen LogP contribution is 2.27. The zero-order valence-corrected chi connectivity index (χ0v) is 33.4. The molecule has 2 fully saturated rings. The molecule has 18 nitrogen and oxygen atoms in total. The van der Waals surface area contributed by atoms with E-state index in [1.807, 2.05) is 0 Å². The number of amidine groups is 1. The molecule has 0 spiro atoms. The van der Waals surface area contributed by atoms with Crippen molar-refractivity contribution in [3.8, 4) is 0 Å². The van der Waals surface area contributed by atoms with Crippen LogP contribution in [0.4, 0.5) is 5.69 Å². The Balaban J connectivity index is 0.000000301. The van der Waals surface area contributed by atoms with Gasteiger partial charge in [0.25, 0.3) is 26.1 Å². The summed E-state index contributed by atoms with van der Waals surface area (Å²) in [5.41, 5.74) is 6.83. The number of carbonyl (C=O) groups excluding carboxylic acids is 2. The van der Waals surface area contributed by atoms with Crippen LogP contribution in [0, 0.1) is 5.41 Å². The van der Waals surface area contributed by atoms with Crippen molar-refractivity contribution in [2.45, 2.75) is 28.3 Å². The maximum Gasteiger partial charge on any atom is 0.335 e. The van der Waals surface area contributed by atoms with E-state index in [-0.39, 0.29) is 39.7 Å². The third-order valence-corrected chi connectivity index (χ3v) is 12.1. The number of carbonyl (C=O) groups is 3. The number of carboxylic acid groups (broad SMARTS) is 1. The lowest BCUT2D eigenvalue weighted by atomic mass is 10.1. The van der Waals surface area contributed by atoms with Gasteiger partial charge in [-0.05, 0) is 67.1 Å². The van der Waals surface area contributed by atoms with E-state index in [1.54, 1.807) is 60.7 Å². The number of hydrogen-bond acceptors (Lipinski definition) is 11. The van der Waals surface area contributed by atoms with Gasteiger partial charge in [0.05, 0.1) is 21.6 Å². The van der Waals surface area contributed by atoms with E-state index in [4.69, 9.17) is 25.4 Å². The molecule has 4 aromatic carbocycles. The fraction of sp³-hybridized carbons (Fsp3) is 0.243. The fourth-order valence-corrected chi connectivity index (χ4v) is 7.85. The van der Waals surface area contributed by atoms with Gasteiger partial charge in [0.2, 0.25) is 15.9 Å². The van der Waals surface area contributed by atoms with E-state index in [0.717, 1.165) is 0 Å². The van der Waals surface area contributed by atoms with E-state index in [2.05, 4.69) is 10.2 Å². The third-order valence-electron chi connectivity index (χ3n) is 9.03. The lowest BCUT2D eigenvalue weighted by Crippen LogP contribution is -2.52. The molecule has 0 unspecified atom stereocenters. The Kier molecular flexibility index (Phi) is 15.0. The Morgan fingerprint density at radius 1 is 0.690 bits per heavy atom. The highest BCUT2D eigenvalue weighted by molar-refractivity contribution is 7.88. The number of benzene rings is 4. The van der Waals surface area contributed by atoms with E-state index in [1.165, 1.54) is 64.0 Å². The van der Waals surface area contributed by atoms with Crippen LogP contribution in [-0.2, 0) is 35.1 Å². The first-order valence-corrected chi connectivity index (χ1v) is 22.0. The summed E-state index contributed by atoms with van der Waals surface area (Å²) in [6.07, 6.45) is 1.54. The van der Waals surface area contributed by atoms with Gasteiger partial charge >= 0.3 is 5.97 Å². The average Bonchev–Trinajstić information content (AvgIpc) is 3.64. The molecule has 2 aliphatic heterocycles. The van der Waals surface area contributed by atoms with Gasteiger partial charge < -0.3 is 21.1 Å². The number of carboxylic acids is 1. The zero-order chi connectivity index (χ0) is 42.8. The number of aromatic carboxylic acids is 1. The van der Waals surface area contributed by atoms with Gasteiger partial charge in [-0.15, -0.1) is 0 Å². The number of amides is 2. The Labute approximate surface area is 335 Å². The topological polar surface area (TPSA) is 286 Å². The number of likely N-dealkylation sites (tertiary alicyclic amines) is 1. The second kappa shape index (κ2) is 19.3. The molecule has 6 rings (SSSR count). The van der Waals surface area contributed by atoms with Crippen molar-refractivity contribution in [3.05, 3.63) is 126 Å². The number of anilines is 1. The summed E-state index contributed by atoms with van der Waals surface area (Å²) >= 11 is 0. The van der Waals surface area contributed by atoms with Gasteiger partial charge in [-0.25, -0.2) is 13.2 Å². The second-order valence-corrected chi connectivity index (χ2v) is 17.8. The first-order valence-electron chi connectivity index (χ1n) is 17.3. The number of rotatable bonds is 9. The Morgan fingerprint density at radius 3 is 1.53 bits per heavy atom. The van der Waals surface area contributed by atoms with Gasteiger partial charge in [-0.2, -0.15) is 21.1 Å². The zero-order valence-electron chi connectivity index (χ0n) is 30.9. The van der Waals surface area contributed by atoms with Crippen LogP contribution in [0.15, 0.2) is 119 Å². The minimum Gasteiger partial charge on any atom is -0.478 e. The van der Waals surface area contributed by atoms with E-state index >= 15 is 0 Å². The Morgan fingerprint density at radius 2 is 1.14 bits per heavy atom. The van der Waals surface area contributed by atoms with Crippen LogP contribution in [0.2, 0.25) is 0 Å². The predicted octanol–water partition coefficient (Wildman–Crippen LogP) is 2.33. The summed E-state index contributed by atoms with van der Waals surface area (Å²) in [6.45, 7) is 1.92. The summed E-state index contributed by atoms with van der Waals surface area (Å²) < 4.78 is 83.7. The molecular weight excluding hydrogens is 817 g/mol. The maximum atomic E-state index is 13.5. The van der Waals surface area contributed by atoms with Gasteiger partial charge in [0.15, 0.2) is 0 Å². The highest BCUT2D eigenvalue weighted by Gasteiger charge is 2.43. The van der Waals surface area contributed by atoms with E-state index in [9.17, 15) is 39.6 Å². The number of hydrogen-bond donors (Lipinski definition) is 6. The summed E-state index contributed by atoms with van der Waals surface area (Å²) in [7, 11) is -11.3. The third kappa shape index (κ3) is 12.7. The van der Waals surface area contributed by atoms with Crippen molar-refractivity contribution in [1.29, 1.82) is 5.41 Å². The fourth-order valence-electron chi connectivity index (χ4n) is 6.02. The lowest BCUT2D eigenvalue weighted by molar-refractivity contribution is -0.119. The average molecular weight is 859 g/mol. The number of nitrogens with one attached hydrogen (secondary N) is 2. The van der Waals surface area contributed by atoms with Crippen LogP contribution >= 0.6 is 0 Å². The summed E-state index contributed by atoms with van der Waals surface area (Å²) in [5.74, 6) is -1.95. The first-order chi connectivity index (χ1) is 27.1. The minimum absolute atomic E-state index is 0.0741. The first kappa shape index (κ1) is 45.2. The quantitative estimate of drug-likeness (QED) is 0.0801. The predicted molar refractivity (Wildman–Crippen MR) is 213 cm³/mol. The molecule has 310 valence electrons. The summed E-state index contributed by atoms with van der Waals surface area (Å²) in [4.78, 5) is 41.5. The largest absolute Gasteiger partial charge is 0.478 e. The lowest BCUT2D eigenvalue weighted by Gasteiger charge is -2.36. The van der Waals surface area contributed by atoms with Crippen LogP contribution in [0.3, 0.4) is 0 Å². The van der Waals surface area contributed by atoms with Crippen molar-refractivity contribution in [1.82, 2.24) is 14.1 Å². The smallest absolute Gasteiger partial charge is 0.335 e. The summed E-state index contributed by atoms with van der Waals surface area (Å²) in [5, 5.41) is 19.4. The van der Waals surface area contributed by atoms with Crippen LogP contribution < -0.4 is 11.1 Å². The highest BCUT2D eigenvalue weighted by atomic mass is 32.2. The molecule has 4 aromatic rings. The number of sulfonamides is 1. The Hall–Kier alpha value is -5.55. The SMILES string of the molecule is CS(=O)(=O)N1CCN([C@H]2C[C@@H](C(=O)Nc3ccc(C(=O)O)cc3)N(C(=O)c3ccc(C(=N)N)cc3)C2)CC1.O=S(=O)(O)c1ccccc1.O=S(=O)(O)c1ccccc1. The van der Waals surface area contributed by atoms with Crippen LogP contribution in [0.25, 0.3) is 0 Å². The molecule has 2 atom stereocenters. The number of nitrogens with two attached hydrogens (primary N) is 1. The molecule has 0 bridgehead atoms. The normalized spacial score (nSPS) is 17.5. The monoisotopic (exact) mass is 858 g/mol. The molecular formula is C37H42N6O12S3. The van der Waals surface area contributed by atoms with E-state index in [0.29, 0.717) is 49.4 Å². The van der Waals surface area contributed by atoms with Gasteiger partial charge in [-0.3, -0.25) is 29.0 Å². The number of nitrogen functional groups attached to an aromatic ring is 1. The molecule has 58 heavy (non-hydrogen) atoms. The van der Waals surface area contributed by atoms with Gasteiger partial charge in [0, 0.05) is 55.6 Å². The standard InChI is InChI=1S/C25H30N6O6S.2C6H6O3S/c1-38(36,37)30-12-10-29(11-13-30)20-14-21(23(32)28-19-8-6-18(7-9-19)25(34)35)31(15-20)24(33)17-4-2-16(3-5-17)22(26)27;2*7-10(8,9)6-4-2-1-3-5-6/h2-9,20-21H,10-15H2,1H3,(H3,26,27)(H,28,32)(H,34,35);2*1-5H,(H,7,8,9)/t20-,21-;;/m0../s1. The molecule has 2 amide bonds. The molecule has 2 saturated heterocycles. The van der Waals surface area contributed by atoms with Crippen LogP contribution in [-0.4, -0.2) is 128 Å². The molecule has 0 saturated carbocycles. The maximum absolute atomic E-state index is 13.5. The molecule has 2 aliphatic rings. The minimum atomic E-state index is -4.00. The molecule has 0 aromatic heterocycles. The van der Waals surface area contributed by atoms with Crippen molar-refractivity contribution in [2.75, 3.05) is 44.3 Å². The Bertz CT molecular complexity index is 2340. The number of nitrogens with zero attached hydrogens (tertiary/aromatic N) is 3.